The summed E-state index contributed by atoms with van der Waals surface area (Å²) >= 11 is 0. The Balaban J connectivity index is 3.89. The van der Waals surface area contributed by atoms with Gasteiger partial charge in [0.25, 0.3) is 0 Å². The molecule has 0 heterocycles. The summed E-state index contributed by atoms with van der Waals surface area (Å²) in [6.45, 7) is 6.07. The molecule has 0 saturated carbocycles. The minimum Gasteiger partial charge on any atom is -0.462 e. The minimum atomic E-state index is -0.547. The van der Waals surface area contributed by atoms with Gasteiger partial charge in [-0.15, -0.1) is 0 Å². The molecule has 0 aliphatic carbocycles. The Bertz CT molecular complexity index is 741. The second kappa shape index (κ2) is 35.0. The Morgan fingerprint density at radius 2 is 0.911 bits per heavy atom. The molecule has 1 atom stereocenters. The van der Waals surface area contributed by atoms with Gasteiger partial charge in [-0.2, -0.15) is 0 Å². The number of rotatable bonds is 34. The van der Waals surface area contributed by atoms with Gasteiger partial charge < -0.3 is 14.3 Å². The molecule has 0 N–H and O–H groups in total. The van der Waals surface area contributed by atoms with Gasteiger partial charge in [0.1, 0.15) is 18.5 Å². The third kappa shape index (κ3) is 34.8. The van der Waals surface area contributed by atoms with Crippen LogP contribution in [-0.4, -0.2) is 30.4 Å². The molecule has 0 aliphatic heterocycles. The van der Waals surface area contributed by atoms with Gasteiger partial charge in [-0.05, 0) is 51.9 Å². The van der Waals surface area contributed by atoms with Crippen molar-refractivity contribution in [1.82, 2.24) is 0 Å². The fourth-order valence-electron chi connectivity index (χ4n) is 5.43. The summed E-state index contributed by atoms with van der Waals surface area (Å²) in [4.78, 5) is 36.2. The Morgan fingerprint density at radius 3 is 1.38 bits per heavy atom. The van der Waals surface area contributed by atoms with Crippen LogP contribution in [0.15, 0.2) is 24.3 Å². The molecule has 0 fully saturated rings. The average Bonchev–Trinajstić information content (AvgIpc) is 3.02. The van der Waals surface area contributed by atoms with Crippen LogP contribution in [0.3, 0.4) is 0 Å². The van der Waals surface area contributed by atoms with Gasteiger partial charge in [0, 0.05) is 19.3 Å². The Morgan fingerprint density at radius 1 is 0.511 bits per heavy atom. The topological polar surface area (TPSA) is 69.7 Å². The first-order valence-corrected chi connectivity index (χ1v) is 19.2. The van der Waals surface area contributed by atoms with Gasteiger partial charge in [-0.1, -0.05) is 154 Å². The van der Waals surface area contributed by atoms with E-state index >= 15 is 0 Å². The number of carbonyl (C=O) groups excluding carboxylic acids is 3. The largest absolute Gasteiger partial charge is 0.462 e. The number of ether oxygens (including phenoxy) is 2. The van der Waals surface area contributed by atoms with Crippen molar-refractivity contribution < 1.29 is 23.9 Å². The average molecular weight is 633 g/mol. The summed E-state index contributed by atoms with van der Waals surface area (Å²) in [6.07, 6.45) is 39.0. The lowest BCUT2D eigenvalue weighted by molar-refractivity contribution is -0.159. The second-order valence-electron chi connectivity index (χ2n) is 13.0. The molecular formula is C40H72O5. The summed E-state index contributed by atoms with van der Waals surface area (Å²) in [5.41, 5.74) is 0. The molecule has 0 aromatic rings. The van der Waals surface area contributed by atoms with Crippen molar-refractivity contribution in [2.75, 3.05) is 6.61 Å². The molecule has 0 aromatic carbocycles. The van der Waals surface area contributed by atoms with Gasteiger partial charge in [-0.3, -0.25) is 9.59 Å². The van der Waals surface area contributed by atoms with E-state index in [4.69, 9.17) is 9.47 Å². The smallest absolute Gasteiger partial charge is 0.306 e. The van der Waals surface area contributed by atoms with Gasteiger partial charge in [0.2, 0.25) is 0 Å². The van der Waals surface area contributed by atoms with Crippen molar-refractivity contribution in [3.8, 4) is 0 Å². The standard InChI is InChI=1S/C40H72O5/c1-4-6-8-10-12-14-16-18-19-21-23-25-27-29-31-33-40(43)45-38(35-34-37(3)41)36-44-39(42)32-30-28-26-24-22-20-17-15-13-11-9-7-5-2/h14,16,18-19,38H,4-13,15,17,20-36H2,1-3H3/b16-14+,19-18-. The zero-order chi connectivity index (χ0) is 33.1. The van der Waals surface area contributed by atoms with Crippen molar-refractivity contribution in [1.29, 1.82) is 0 Å². The van der Waals surface area contributed by atoms with Crippen LogP contribution in [-0.2, 0) is 23.9 Å². The summed E-state index contributed by atoms with van der Waals surface area (Å²) in [7, 11) is 0. The molecule has 262 valence electrons. The van der Waals surface area contributed by atoms with Gasteiger partial charge in [-0.25, -0.2) is 0 Å². The van der Waals surface area contributed by atoms with Gasteiger partial charge >= 0.3 is 11.9 Å². The third-order valence-electron chi connectivity index (χ3n) is 8.39. The molecule has 0 aromatic heterocycles. The lowest BCUT2D eigenvalue weighted by Gasteiger charge is -2.17. The number of ketones is 1. The summed E-state index contributed by atoms with van der Waals surface area (Å²) in [6, 6.07) is 0. The zero-order valence-electron chi connectivity index (χ0n) is 29.9. The SMILES string of the molecule is CCCCCC/C=C/C=C\CCCCCCCC(=O)OC(CCC(C)=O)COC(=O)CCCCCCCCCCCCCCC. The minimum absolute atomic E-state index is 0.0395. The monoisotopic (exact) mass is 633 g/mol. The van der Waals surface area contributed by atoms with Crippen molar-refractivity contribution >= 4 is 17.7 Å². The lowest BCUT2D eigenvalue weighted by Crippen LogP contribution is -2.26. The van der Waals surface area contributed by atoms with Crippen LogP contribution in [0.5, 0.6) is 0 Å². The molecule has 5 nitrogen and oxygen atoms in total. The number of allylic oxidation sites excluding steroid dienone is 4. The Hall–Kier alpha value is -1.91. The number of hydrogen-bond donors (Lipinski definition) is 0. The van der Waals surface area contributed by atoms with E-state index in [1.807, 2.05) is 0 Å². The van der Waals surface area contributed by atoms with E-state index in [1.165, 1.54) is 110 Å². The quantitative estimate of drug-likeness (QED) is 0.0401. The first kappa shape index (κ1) is 43.1. The lowest BCUT2D eigenvalue weighted by atomic mass is 10.0. The molecule has 45 heavy (non-hydrogen) atoms. The van der Waals surface area contributed by atoms with Crippen LogP contribution in [0, 0.1) is 0 Å². The number of unbranched alkanes of at least 4 members (excludes halogenated alkanes) is 21. The molecule has 5 heteroatoms. The highest BCUT2D eigenvalue weighted by Crippen LogP contribution is 2.14. The highest BCUT2D eigenvalue weighted by molar-refractivity contribution is 5.75. The highest BCUT2D eigenvalue weighted by Gasteiger charge is 2.17. The number of esters is 2. The van der Waals surface area contributed by atoms with Gasteiger partial charge in [0.05, 0.1) is 0 Å². The summed E-state index contributed by atoms with van der Waals surface area (Å²) in [5, 5.41) is 0. The highest BCUT2D eigenvalue weighted by atomic mass is 16.6. The molecule has 0 spiro atoms. The fraction of sp³-hybridized carbons (Fsp3) is 0.825. The Labute approximate surface area is 278 Å². The molecule has 0 amide bonds. The first-order valence-electron chi connectivity index (χ1n) is 19.2. The van der Waals surface area contributed by atoms with E-state index in [-0.39, 0.29) is 24.3 Å². The van der Waals surface area contributed by atoms with Crippen LogP contribution >= 0.6 is 0 Å². The fourth-order valence-corrected chi connectivity index (χ4v) is 5.43. The van der Waals surface area contributed by atoms with E-state index < -0.39 is 6.10 Å². The summed E-state index contributed by atoms with van der Waals surface area (Å²) in [5.74, 6) is -0.460. The van der Waals surface area contributed by atoms with E-state index in [9.17, 15) is 14.4 Å². The van der Waals surface area contributed by atoms with Crippen molar-refractivity contribution in [2.45, 2.75) is 207 Å². The number of Topliss-reactive ketones (excluding diaryl/α,β-unsaturated/α-hetero) is 1. The number of carbonyl (C=O) groups is 3. The summed E-state index contributed by atoms with van der Waals surface area (Å²) < 4.78 is 11.0. The van der Waals surface area contributed by atoms with Crippen LogP contribution in [0.4, 0.5) is 0 Å². The predicted octanol–water partition coefficient (Wildman–Crippen LogP) is 12.1. The maximum absolute atomic E-state index is 12.4. The predicted molar refractivity (Wildman–Crippen MR) is 190 cm³/mol. The van der Waals surface area contributed by atoms with Gasteiger partial charge in [0.15, 0.2) is 0 Å². The molecule has 0 bridgehead atoms. The molecule has 0 radical (unpaired) electrons. The van der Waals surface area contributed by atoms with Crippen molar-refractivity contribution in [2.24, 2.45) is 0 Å². The van der Waals surface area contributed by atoms with Crippen molar-refractivity contribution in [3.63, 3.8) is 0 Å². The second-order valence-corrected chi connectivity index (χ2v) is 13.0. The molecule has 0 aliphatic rings. The van der Waals surface area contributed by atoms with Crippen LogP contribution in [0.2, 0.25) is 0 Å². The molecule has 1 unspecified atom stereocenters. The van der Waals surface area contributed by atoms with E-state index in [0.717, 1.165) is 51.4 Å². The van der Waals surface area contributed by atoms with Crippen LogP contribution in [0.25, 0.3) is 0 Å². The third-order valence-corrected chi connectivity index (χ3v) is 8.39. The van der Waals surface area contributed by atoms with Crippen molar-refractivity contribution in [3.05, 3.63) is 24.3 Å². The first-order chi connectivity index (χ1) is 22.0. The van der Waals surface area contributed by atoms with E-state index in [0.29, 0.717) is 25.7 Å². The van der Waals surface area contributed by atoms with E-state index in [2.05, 4.69) is 38.2 Å². The number of hydrogen-bond acceptors (Lipinski definition) is 5. The molecular weight excluding hydrogens is 560 g/mol. The molecule has 0 saturated heterocycles. The van der Waals surface area contributed by atoms with Crippen LogP contribution < -0.4 is 0 Å². The Kier molecular flexibility index (Phi) is 33.5. The zero-order valence-corrected chi connectivity index (χ0v) is 29.9. The molecule has 0 rings (SSSR count). The maximum Gasteiger partial charge on any atom is 0.306 e. The van der Waals surface area contributed by atoms with E-state index in [1.54, 1.807) is 0 Å². The normalized spacial score (nSPS) is 12.2. The van der Waals surface area contributed by atoms with Crippen LogP contribution in [0.1, 0.15) is 201 Å². The maximum atomic E-state index is 12.4.